The Hall–Kier alpha value is -1.56. The summed E-state index contributed by atoms with van der Waals surface area (Å²) < 4.78 is 40.5. The van der Waals surface area contributed by atoms with Gasteiger partial charge in [-0.1, -0.05) is 128 Å². The van der Waals surface area contributed by atoms with Crippen molar-refractivity contribution in [3.8, 4) is 0 Å². The van der Waals surface area contributed by atoms with Crippen LogP contribution in [-0.2, 0) is 25.8 Å². The Morgan fingerprint density at radius 2 is 1.22 bits per heavy atom. The molecule has 3 aliphatic heterocycles. The fraction of sp³-hybridized carbons (Fsp3) is 0.273. The summed E-state index contributed by atoms with van der Waals surface area (Å²) >= 11 is 19.1. The van der Waals surface area contributed by atoms with Gasteiger partial charge in [-0.3, -0.25) is 0 Å². The normalized spacial score (nSPS) is 21.5. The van der Waals surface area contributed by atoms with Gasteiger partial charge in [0, 0.05) is 17.4 Å². The molecule has 5 aromatic rings. The van der Waals surface area contributed by atoms with Gasteiger partial charge < -0.3 is 9.64 Å². The van der Waals surface area contributed by atoms with Crippen LogP contribution in [0.25, 0.3) is 10.8 Å². The van der Waals surface area contributed by atoms with E-state index in [9.17, 15) is 0 Å². The summed E-state index contributed by atoms with van der Waals surface area (Å²) in [6, 6.07) is 50.0. The monoisotopic (exact) mass is 1100 g/mol. The summed E-state index contributed by atoms with van der Waals surface area (Å²) in [4.78, 5) is 2.21. The van der Waals surface area contributed by atoms with Crippen molar-refractivity contribution in [1.29, 1.82) is 0 Å². The molecule has 58 heavy (non-hydrogen) atoms. The minimum absolute atomic E-state index is 0. The van der Waals surface area contributed by atoms with E-state index in [0.29, 0.717) is 17.4 Å². The van der Waals surface area contributed by atoms with Crippen LogP contribution in [0.4, 0.5) is 0 Å². The second-order valence-electron chi connectivity index (χ2n) is 13.4. The number of alkyl halides is 4. The van der Waals surface area contributed by atoms with E-state index in [1.807, 2.05) is 12.3 Å². The van der Waals surface area contributed by atoms with Crippen molar-refractivity contribution in [3.05, 3.63) is 163 Å². The molecule has 2 bridgehead atoms. The SMILES string of the molecule is CC1=C(C)[C@@H]2[P@@](c3ccccc3)[C@H]1[C@@H]1OC=C[C@]21P(c1ccccc1)c1ccccc1.C[C@H](c1[c-]ccc2ccccc12)N(C)C.ClCCl.ClCCl.[O-][Cl+3]([O-])([O-])[O-].[Pt+2]. The minimum atomic E-state index is -4.94. The Morgan fingerprint density at radius 3 is 1.72 bits per heavy atom. The van der Waals surface area contributed by atoms with Gasteiger partial charge in [0.2, 0.25) is 0 Å². The van der Waals surface area contributed by atoms with E-state index in [-0.39, 0.29) is 50.9 Å². The third-order valence-corrected chi connectivity index (χ3v) is 17.0. The number of hydrogen-bond acceptors (Lipinski definition) is 6. The molecule has 6 atom stereocenters. The topological polar surface area (TPSA) is 105 Å². The summed E-state index contributed by atoms with van der Waals surface area (Å²) in [7, 11) is -1.73. The van der Waals surface area contributed by atoms with E-state index in [1.165, 1.54) is 32.2 Å². The van der Waals surface area contributed by atoms with Crippen molar-refractivity contribution in [1.82, 2.24) is 4.90 Å². The van der Waals surface area contributed by atoms with Gasteiger partial charge >= 0.3 is 21.1 Å². The van der Waals surface area contributed by atoms with Gasteiger partial charge in [0.15, 0.2) is 0 Å². The fourth-order valence-corrected chi connectivity index (χ4v) is 15.8. The number of rotatable bonds is 6. The third kappa shape index (κ3) is 12.3. The number of fused-ring (bicyclic) bond motifs is 6. The molecule has 0 spiro atoms. The van der Waals surface area contributed by atoms with Crippen LogP contribution in [0.5, 0.6) is 0 Å². The largest absolute Gasteiger partial charge is 2.00 e. The van der Waals surface area contributed by atoms with Gasteiger partial charge in [-0.15, -0.1) is 79.0 Å². The predicted molar refractivity (Wildman–Crippen MR) is 233 cm³/mol. The number of hydrogen-bond donors (Lipinski definition) is 0. The Labute approximate surface area is 382 Å². The number of ether oxygens (including phenoxy) is 1. The molecule has 8 rings (SSSR count). The smallest absolute Gasteiger partial charge is 0.496 e. The maximum Gasteiger partial charge on any atom is 2.00 e. The molecule has 0 amide bonds. The van der Waals surface area contributed by atoms with Crippen LogP contribution in [0.3, 0.4) is 0 Å². The fourth-order valence-electron chi connectivity index (χ4n) is 7.75. The van der Waals surface area contributed by atoms with Crippen molar-refractivity contribution in [3.63, 3.8) is 0 Å². The molecular weight excluding hydrogens is 1060 g/mol. The van der Waals surface area contributed by atoms with Crippen LogP contribution in [0.15, 0.2) is 151 Å². The minimum Gasteiger partial charge on any atom is -0.496 e. The molecule has 5 aromatic carbocycles. The molecule has 1 fully saturated rings. The van der Waals surface area contributed by atoms with Crippen molar-refractivity contribution in [2.45, 2.75) is 49.4 Å². The summed E-state index contributed by atoms with van der Waals surface area (Å²) in [6.45, 7) is 6.96. The summed E-state index contributed by atoms with van der Waals surface area (Å²) in [5, 5.41) is 7.41. The van der Waals surface area contributed by atoms with Crippen LogP contribution >= 0.6 is 62.2 Å². The van der Waals surface area contributed by atoms with Crippen LogP contribution in [0.1, 0.15) is 32.4 Å². The maximum absolute atomic E-state index is 8.49. The van der Waals surface area contributed by atoms with Gasteiger partial charge in [-0.25, -0.2) is 18.6 Å². The van der Waals surface area contributed by atoms with Gasteiger partial charge in [0.1, 0.15) is 6.10 Å². The van der Waals surface area contributed by atoms with E-state index in [2.05, 4.69) is 173 Å². The molecule has 3 heterocycles. The molecule has 6 nitrogen and oxygen atoms in total. The van der Waals surface area contributed by atoms with Crippen molar-refractivity contribution in [2.75, 3.05) is 24.8 Å². The van der Waals surface area contributed by atoms with E-state index < -0.39 is 18.2 Å². The first-order valence-electron chi connectivity index (χ1n) is 17.9. The Morgan fingerprint density at radius 1 is 0.759 bits per heavy atom. The van der Waals surface area contributed by atoms with Gasteiger partial charge in [0.25, 0.3) is 0 Å². The Bertz CT molecular complexity index is 1990. The van der Waals surface area contributed by atoms with Crippen LogP contribution in [0.2, 0.25) is 0 Å². The van der Waals surface area contributed by atoms with Crippen LogP contribution in [0, 0.1) is 16.3 Å². The van der Waals surface area contributed by atoms with E-state index in [1.54, 1.807) is 11.1 Å². The molecule has 1 saturated heterocycles. The van der Waals surface area contributed by atoms with Gasteiger partial charge in [-0.05, 0) is 64.8 Å². The molecule has 14 heteroatoms. The predicted octanol–water partition coefficient (Wildman–Crippen LogP) is 7.03. The first-order valence-corrected chi connectivity index (χ1v) is 24.1. The Kier molecular flexibility index (Phi) is 21.2. The second kappa shape index (κ2) is 24.2. The van der Waals surface area contributed by atoms with Crippen LogP contribution in [-0.4, -0.2) is 52.3 Å². The molecular formula is C44H46Cl5NO5P2Pt. The van der Waals surface area contributed by atoms with Crippen LogP contribution < -0.4 is 34.5 Å². The zero-order valence-electron chi connectivity index (χ0n) is 32.6. The number of benzene rings is 5. The average Bonchev–Trinajstić information content (AvgIpc) is 3.83. The van der Waals surface area contributed by atoms with E-state index in [0.717, 1.165) is 0 Å². The first kappa shape index (κ1) is 50.8. The average molecular weight is 1100 g/mol. The maximum atomic E-state index is 8.49. The molecule has 312 valence electrons. The number of allylic oxidation sites excluding steroid dienone is 1. The van der Waals surface area contributed by atoms with Crippen molar-refractivity contribution < 1.29 is 54.7 Å². The summed E-state index contributed by atoms with van der Waals surface area (Å²) in [6.07, 6.45) is 4.71. The zero-order valence-corrected chi connectivity index (χ0v) is 40.4. The molecule has 0 saturated carbocycles. The van der Waals surface area contributed by atoms with Gasteiger partial charge in [-0.2, -0.15) is 18.2 Å². The molecule has 3 aliphatic rings. The molecule has 0 aliphatic carbocycles. The first-order chi connectivity index (χ1) is 27.3. The molecule has 0 aromatic heterocycles. The Balaban J connectivity index is 0.000000278. The zero-order chi connectivity index (χ0) is 41.8. The molecule has 0 unspecified atom stereocenters. The number of halogens is 5. The standard InChI is InChI=1S/C28H26OP2.C14H16N.2CH2Cl2.ClHO4.Pt/c1-20-21(2)27-28(31(23-14-8-4-9-15-23)24-16-10-5-11-17-24)18-19-29-26(28)25(20)30(27)22-12-6-3-7-13-22;1-11(15(2)3)13-10-6-8-12-7-4-5-9-14(12)13;2*2-1-3;2-1(3,4)5;/h3-19,25-27H,1-2H3;4-9,11H,1-3H3;2*1H2;(H,2,3,4,5);/q;-1;;;;+2/p-1/t25-,26+,27+,28-,30+;11-;;;;/m11..../s1. The number of nitrogens with zero attached hydrogens (tertiary/aromatic N) is 1. The summed E-state index contributed by atoms with van der Waals surface area (Å²) in [5.41, 5.74) is 5.46. The molecule has 0 radical (unpaired) electrons. The second-order valence-corrected chi connectivity index (χ2v) is 20.7. The van der Waals surface area contributed by atoms with E-state index in [4.69, 9.17) is 69.8 Å². The van der Waals surface area contributed by atoms with Crippen molar-refractivity contribution >= 4 is 88.9 Å². The molecule has 0 N–H and O–H groups in total. The quantitative estimate of drug-likeness (QED) is 0.0784. The van der Waals surface area contributed by atoms with Gasteiger partial charge in [0.05, 0.1) is 22.1 Å². The van der Waals surface area contributed by atoms with Crippen molar-refractivity contribution in [2.24, 2.45) is 0 Å². The summed E-state index contributed by atoms with van der Waals surface area (Å²) in [5.74, 6) is 0. The third-order valence-electron chi connectivity index (χ3n) is 10.2. The van der Waals surface area contributed by atoms with E-state index >= 15 is 0 Å².